The van der Waals surface area contributed by atoms with E-state index >= 15 is 0 Å². The number of aliphatic hydroxyl groups is 1. The maximum atomic E-state index is 13.6. The Hall–Kier alpha value is -4.32. The third kappa shape index (κ3) is 5.96. The molecule has 1 N–H and O–H groups in total. The zero-order valence-electron chi connectivity index (χ0n) is 22.6. The van der Waals surface area contributed by atoms with E-state index in [9.17, 15) is 14.7 Å². The van der Waals surface area contributed by atoms with Crippen molar-refractivity contribution in [3.8, 4) is 17.2 Å². The Morgan fingerprint density at radius 3 is 2.67 bits per heavy atom. The van der Waals surface area contributed by atoms with Gasteiger partial charge in [0.2, 0.25) is 5.13 Å². The number of ketones is 1. The Balaban J connectivity index is 1.39. The number of benzene rings is 3. The molecule has 1 fully saturated rings. The molecule has 3 aromatic carbocycles. The summed E-state index contributed by atoms with van der Waals surface area (Å²) in [7, 11) is 0. The molecular formula is C31H24ClN3O6S2. The normalized spacial score (nSPS) is 17.2. The van der Waals surface area contributed by atoms with Gasteiger partial charge in [0.05, 0.1) is 11.6 Å². The van der Waals surface area contributed by atoms with Crippen LogP contribution in [0.5, 0.6) is 17.2 Å². The number of hydrogen-bond acceptors (Lipinski definition) is 10. The van der Waals surface area contributed by atoms with Gasteiger partial charge < -0.3 is 19.3 Å². The summed E-state index contributed by atoms with van der Waals surface area (Å²) >= 11 is 8.63. The van der Waals surface area contributed by atoms with Crippen LogP contribution in [0.3, 0.4) is 0 Å². The van der Waals surface area contributed by atoms with E-state index in [1.54, 1.807) is 48.5 Å². The molecule has 2 aliphatic rings. The second-order valence-electron chi connectivity index (χ2n) is 9.47. The largest absolute Gasteiger partial charge is 0.507 e. The van der Waals surface area contributed by atoms with Gasteiger partial charge in [-0.15, -0.1) is 10.2 Å². The highest BCUT2D eigenvalue weighted by Gasteiger charge is 2.48. The molecule has 1 saturated heterocycles. The van der Waals surface area contributed by atoms with Gasteiger partial charge >= 0.3 is 5.91 Å². The van der Waals surface area contributed by atoms with Crippen LogP contribution in [0.1, 0.15) is 22.7 Å². The number of aromatic nitrogens is 2. The molecule has 0 spiro atoms. The lowest BCUT2D eigenvalue weighted by molar-refractivity contribution is -0.132. The highest BCUT2D eigenvalue weighted by Crippen LogP contribution is 2.45. The summed E-state index contributed by atoms with van der Waals surface area (Å²) in [5, 5.41) is 21.0. The van der Waals surface area contributed by atoms with Gasteiger partial charge in [0, 0.05) is 16.3 Å². The van der Waals surface area contributed by atoms with Crippen molar-refractivity contribution in [2.75, 3.05) is 24.7 Å². The van der Waals surface area contributed by atoms with Crippen LogP contribution >= 0.6 is 34.7 Å². The van der Waals surface area contributed by atoms with Gasteiger partial charge in [-0.05, 0) is 53.6 Å². The average Bonchev–Trinajstić information content (AvgIpc) is 3.61. The fourth-order valence-corrected chi connectivity index (χ4v) is 6.65. The van der Waals surface area contributed by atoms with E-state index in [1.165, 1.54) is 28.0 Å². The number of aliphatic hydroxyl groups excluding tert-OH is 1. The van der Waals surface area contributed by atoms with Gasteiger partial charge in [0.25, 0.3) is 5.78 Å². The van der Waals surface area contributed by atoms with Gasteiger partial charge in [-0.3, -0.25) is 14.5 Å². The van der Waals surface area contributed by atoms with Crippen LogP contribution in [0.25, 0.3) is 5.76 Å². The highest BCUT2D eigenvalue weighted by atomic mass is 35.5. The smallest absolute Gasteiger partial charge is 0.301 e. The molecule has 9 nitrogen and oxygen atoms in total. The number of hydrogen-bond donors (Lipinski definition) is 1. The van der Waals surface area contributed by atoms with Crippen molar-refractivity contribution in [3.05, 3.63) is 107 Å². The summed E-state index contributed by atoms with van der Waals surface area (Å²) in [6, 6.07) is 18.4. The zero-order valence-corrected chi connectivity index (χ0v) is 25.0. The van der Waals surface area contributed by atoms with Gasteiger partial charge in [-0.25, -0.2) is 0 Å². The van der Waals surface area contributed by atoms with Gasteiger partial charge in [0.1, 0.15) is 31.3 Å². The van der Waals surface area contributed by atoms with Gasteiger partial charge in [-0.2, -0.15) is 0 Å². The molecule has 1 atom stereocenters. The van der Waals surface area contributed by atoms with Crippen molar-refractivity contribution in [1.29, 1.82) is 0 Å². The molecule has 1 aromatic heterocycles. The second-order valence-corrected chi connectivity index (χ2v) is 12.1. The van der Waals surface area contributed by atoms with Crippen LogP contribution in [-0.2, 0) is 15.3 Å². The van der Waals surface area contributed by atoms with Crippen LogP contribution in [0.4, 0.5) is 5.13 Å². The van der Waals surface area contributed by atoms with Gasteiger partial charge in [-0.1, -0.05) is 71.6 Å². The van der Waals surface area contributed by atoms with Gasteiger partial charge in [0.15, 0.2) is 15.8 Å². The van der Waals surface area contributed by atoms with Crippen LogP contribution in [0.15, 0.2) is 89.3 Å². The predicted molar refractivity (Wildman–Crippen MR) is 165 cm³/mol. The lowest BCUT2D eigenvalue weighted by Gasteiger charge is -2.23. The number of Topliss-reactive ketones (excluding diaryl/α,β-unsaturated/α-hetero) is 1. The third-order valence-electron chi connectivity index (χ3n) is 6.68. The maximum absolute atomic E-state index is 13.6. The van der Waals surface area contributed by atoms with Crippen LogP contribution in [-0.4, -0.2) is 46.8 Å². The number of rotatable bonds is 9. The first-order valence-electron chi connectivity index (χ1n) is 13.2. The minimum Gasteiger partial charge on any atom is -0.507 e. The molecule has 12 heteroatoms. The Kier molecular flexibility index (Phi) is 8.37. The first-order valence-corrected chi connectivity index (χ1v) is 15.4. The lowest BCUT2D eigenvalue weighted by atomic mass is 9.95. The molecule has 0 radical (unpaired) electrons. The van der Waals surface area contributed by atoms with E-state index in [2.05, 4.69) is 16.8 Å². The first-order chi connectivity index (χ1) is 20.9. The van der Waals surface area contributed by atoms with Crippen molar-refractivity contribution in [1.82, 2.24) is 10.2 Å². The molecule has 6 rings (SSSR count). The maximum Gasteiger partial charge on any atom is 0.301 e. The topological polar surface area (TPSA) is 111 Å². The first kappa shape index (κ1) is 28.8. The molecular weight excluding hydrogens is 610 g/mol. The molecule has 0 saturated carbocycles. The number of halogens is 1. The molecule has 43 heavy (non-hydrogen) atoms. The fourth-order valence-electron chi connectivity index (χ4n) is 4.70. The lowest BCUT2D eigenvalue weighted by Crippen LogP contribution is -2.29. The van der Waals surface area contributed by atoms with E-state index in [-0.39, 0.29) is 23.1 Å². The predicted octanol–water partition coefficient (Wildman–Crippen LogP) is 6.45. The van der Waals surface area contributed by atoms with Crippen molar-refractivity contribution < 1.29 is 28.9 Å². The number of carbonyl (C=O) groups is 2. The quantitative estimate of drug-likeness (QED) is 0.0555. The summed E-state index contributed by atoms with van der Waals surface area (Å²) in [4.78, 5) is 28.5. The average molecular weight is 634 g/mol. The second kappa shape index (κ2) is 12.5. The number of carbonyl (C=O) groups excluding carboxylic acids is 2. The van der Waals surface area contributed by atoms with E-state index < -0.39 is 17.7 Å². The number of anilines is 1. The van der Waals surface area contributed by atoms with Crippen molar-refractivity contribution in [2.24, 2.45) is 0 Å². The molecule has 1 amide bonds. The van der Waals surface area contributed by atoms with E-state index in [4.69, 9.17) is 25.8 Å². The number of nitrogens with zero attached hydrogens (tertiary/aromatic N) is 3. The van der Waals surface area contributed by atoms with Crippen molar-refractivity contribution in [3.63, 3.8) is 0 Å². The van der Waals surface area contributed by atoms with Crippen molar-refractivity contribution >= 4 is 57.3 Å². The molecule has 218 valence electrons. The molecule has 2 aliphatic heterocycles. The van der Waals surface area contributed by atoms with Crippen LogP contribution < -0.4 is 19.1 Å². The summed E-state index contributed by atoms with van der Waals surface area (Å²) in [5.41, 5.74) is 1.81. The SMILES string of the molecule is C=CCOc1cccc(C2/C(=C(/O)c3ccc4c(c3)OCCO4)C(=O)C(=O)N2c2nnc(SCc3ccc(Cl)cc3)s2)c1. The third-order valence-corrected chi connectivity index (χ3v) is 9.06. The minimum atomic E-state index is -0.998. The Bertz CT molecular complexity index is 1740. The molecule has 0 bridgehead atoms. The van der Waals surface area contributed by atoms with Crippen LogP contribution in [0, 0.1) is 0 Å². The Morgan fingerprint density at radius 2 is 1.88 bits per heavy atom. The zero-order chi connectivity index (χ0) is 29.9. The fraction of sp³-hybridized carbons (Fsp3) is 0.161. The number of thioether (sulfide) groups is 1. The number of ether oxygens (including phenoxy) is 3. The highest BCUT2D eigenvalue weighted by molar-refractivity contribution is 8.00. The Labute approximate surface area is 260 Å². The summed E-state index contributed by atoms with van der Waals surface area (Å²) in [6.45, 7) is 4.72. The summed E-state index contributed by atoms with van der Waals surface area (Å²) in [5.74, 6) is 0.0748. The van der Waals surface area contributed by atoms with Crippen molar-refractivity contribution in [2.45, 2.75) is 16.1 Å². The minimum absolute atomic E-state index is 0.0897. The summed E-state index contributed by atoms with van der Waals surface area (Å²) < 4.78 is 17.6. The monoisotopic (exact) mass is 633 g/mol. The summed E-state index contributed by atoms with van der Waals surface area (Å²) in [6.07, 6.45) is 1.62. The number of amides is 1. The number of fused-ring (bicyclic) bond motifs is 1. The molecule has 1 unspecified atom stereocenters. The van der Waals surface area contributed by atoms with E-state index in [0.717, 1.165) is 5.56 Å². The van der Waals surface area contributed by atoms with E-state index in [1.807, 2.05) is 24.3 Å². The Morgan fingerprint density at radius 1 is 1.09 bits per heavy atom. The standard InChI is InChI=1S/C31H24ClN3O6S2/c1-2-12-39-22-5-3-4-19(15-22)26-25(27(36)20-8-11-23-24(16-20)41-14-13-40-23)28(37)29(38)35(26)30-33-34-31(43-30)42-17-18-6-9-21(32)10-7-18/h2-11,15-16,26,36H,1,12-14,17H2/b27-25-. The molecule has 3 heterocycles. The molecule has 0 aliphatic carbocycles. The molecule has 4 aromatic rings. The van der Waals surface area contributed by atoms with E-state index in [0.29, 0.717) is 56.7 Å². The van der Waals surface area contributed by atoms with Crippen LogP contribution in [0.2, 0.25) is 5.02 Å².